The molecule has 0 fully saturated rings. The van der Waals surface area contributed by atoms with Gasteiger partial charge in [-0.1, -0.05) is 30.3 Å². The number of hydrogen-bond acceptors (Lipinski definition) is 3. The minimum atomic E-state index is 0.123. The van der Waals surface area contributed by atoms with Crippen molar-refractivity contribution in [2.75, 3.05) is 0 Å². The summed E-state index contributed by atoms with van der Waals surface area (Å²) in [6, 6.07) is 11.7. The molecule has 0 aliphatic rings. The van der Waals surface area contributed by atoms with Gasteiger partial charge in [-0.05, 0) is 23.4 Å². The van der Waals surface area contributed by atoms with Crippen LogP contribution in [0.3, 0.4) is 0 Å². The normalized spacial score (nSPS) is 10.6. The number of aryl methyl sites for hydroxylation is 1. The number of rotatable bonds is 4. The molecule has 98 valence electrons. The standard InChI is InChI=1S/C17H14N2O/c20-17(8-7-13-4-3-9-18-10-13)16-12-19-11-14-5-1-2-6-15(14)16/h1-6,9-12H,7-8H2. The molecule has 0 atom stereocenters. The van der Waals surface area contributed by atoms with Crippen LogP contribution in [-0.2, 0) is 6.42 Å². The van der Waals surface area contributed by atoms with Crippen LogP contribution in [0.4, 0.5) is 0 Å². The van der Waals surface area contributed by atoms with Crippen LogP contribution in [0.5, 0.6) is 0 Å². The van der Waals surface area contributed by atoms with E-state index in [-0.39, 0.29) is 5.78 Å². The van der Waals surface area contributed by atoms with Crippen LogP contribution >= 0.6 is 0 Å². The van der Waals surface area contributed by atoms with Gasteiger partial charge in [-0.2, -0.15) is 0 Å². The summed E-state index contributed by atoms with van der Waals surface area (Å²) in [5.74, 6) is 0.123. The first-order chi connectivity index (χ1) is 9.84. The summed E-state index contributed by atoms with van der Waals surface area (Å²) < 4.78 is 0. The van der Waals surface area contributed by atoms with Gasteiger partial charge < -0.3 is 0 Å². The molecule has 0 aliphatic carbocycles. The molecule has 1 aromatic carbocycles. The van der Waals surface area contributed by atoms with E-state index in [1.807, 2.05) is 36.4 Å². The van der Waals surface area contributed by atoms with Gasteiger partial charge in [-0.25, -0.2) is 0 Å². The minimum Gasteiger partial charge on any atom is -0.294 e. The van der Waals surface area contributed by atoms with E-state index in [9.17, 15) is 4.79 Å². The van der Waals surface area contributed by atoms with Crippen molar-refractivity contribution in [2.24, 2.45) is 0 Å². The Morgan fingerprint density at radius 3 is 2.70 bits per heavy atom. The Balaban J connectivity index is 1.82. The van der Waals surface area contributed by atoms with Crippen LogP contribution in [0.1, 0.15) is 22.3 Å². The highest BCUT2D eigenvalue weighted by molar-refractivity contribution is 6.07. The lowest BCUT2D eigenvalue weighted by molar-refractivity contribution is 0.0984. The van der Waals surface area contributed by atoms with Gasteiger partial charge in [0.25, 0.3) is 0 Å². The maximum atomic E-state index is 12.4. The monoisotopic (exact) mass is 262 g/mol. The van der Waals surface area contributed by atoms with Crippen molar-refractivity contribution in [1.29, 1.82) is 0 Å². The molecule has 3 nitrogen and oxygen atoms in total. The van der Waals surface area contributed by atoms with Gasteiger partial charge in [-0.3, -0.25) is 14.8 Å². The fourth-order valence-electron chi connectivity index (χ4n) is 2.28. The summed E-state index contributed by atoms with van der Waals surface area (Å²) in [4.78, 5) is 20.6. The van der Waals surface area contributed by atoms with Gasteiger partial charge in [-0.15, -0.1) is 0 Å². The average Bonchev–Trinajstić information content (AvgIpc) is 2.53. The Bertz CT molecular complexity index is 733. The van der Waals surface area contributed by atoms with Crippen LogP contribution in [0.25, 0.3) is 10.8 Å². The summed E-state index contributed by atoms with van der Waals surface area (Å²) in [7, 11) is 0. The van der Waals surface area contributed by atoms with Crippen molar-refractivity contribution in [3.05, 3.63) is 72.3 Å². The van der Waals surface area contributed by atoms with E-state index in [1.165, 1.54) is 0 Å². The van der Waals surface area contributed by atoms with Crippen LogP contribution in [0.2, 0.25) is 0 Å². The number of hydrogen-bond donors (Lipinski definition) is 0. The number of nitrogens with zero attached hydrogens (tertiary/aromatic N) is 2. The van der Waals surface area contributed by atoms with Crippen LogP contribution < -0.4 is 0 Å². The summed E-state index contributed by atoms with van der Waals surface area (Å²) in [6.45, 7) is 0. The van der Waals surface area contributed by atoms with Gasteiger partial charge in [0.15, 0.2) is 5.78 Å². The summed E-state index contributed by atoms with van der Waals surface area (Å²) in [5, 5.41) is 1.97. The molecule has 0 saturated carbocycles. The largest absolute Gasteiger partial charge is 0.294 e. The first-order valence-corrected chi connectivity index (χ1v) is 6.59. The molecule has 0 bridgehead atoms. The SMILES string of the molecule is O=C(CCc1cccnc1)c1cncc2ccccc12. The van der Waals surface area contributed by atoms with Crippen LogP contribution in [0.15, 0.2) is 61.2 Å². The third-order valence-electron chi connectivity index (χ3n) is 3.33. The molecule has 0 spiro atoms. The number of carbonyl (C=O) groups excluding carboxylic acids is 1. The Morgan fingerprint density at radius 2 is 1.85 bits per heavy atom. The maximum absolute atomic E-state index is 12.4. The lowest BCUT2D eigenvalue weighted by atomic mass is 10.0. The number of aromatic nitrogens is 2. The Hall–Kier alpha value is -2.55. The molecular formula is C17H14N2O. The zero-order valence-electron chi connectivity index (χ0n) is 11.0. The number of ketones is 1. The Kier molecular flexibility index (Phi) is 3.50. The molecule has 3 rings (SSSR count). The second-order valence-electron chi connectivity index (χ2n) is 4.69. The van der Waals surface area contributed by atoms with Crippen molar-refractivity contribution >= 4 is 16.6 Å². The van der Waals surface area contributed by atoms with E-state index in [2.05, 4.69) is 9.97 Å². The predicted octanol–water partition coefficient (Wildman–Crippen LogP) is 3.45. The molecule has 2 heterocycles. The zero-order valence-corrected chi connectivity index (χ0v) is 11.0. The fraction of sp³-hybridized carbons (Fsp3) is 0.118. The van der Waals surface area contributed by atoms with E-state index < -0.39 is 0 Å². The number of pyridine rings is 2. The van der Waals surface area contributed by atoms with Gasteiger partial charge >= 0.3 is 0 Å². The molecular weight excluding hydrogens is 248 g/mol. The van der Waals surface area contributed by atoms with E-state index in [1.54, 1.807) is 24.8 Å². The molecule has 0 unspecified atom stereocenters. The zero-order chi connectivity index (χ0) is 13.8. The van der Waals surface area contributed by atoms with Crippen molar-refractivity contribution in [3.8, 4) is 0 Å². The minimum absolute atomic E-state index is 0.123. The first kappa shape index (κ1) is 12.5. The molecule has 0 saturated heterocycles. The van der Waals surface area contributed by atoms with Crippen LogP contribution in [0, 0.1) is 0 Å². The molecule has 3 aromatic rings. The molecule has 2 aromatic heterocycles. The number of benzene rings is 1. The quantitative estimate of drug-likeness (QED) is 0.676. The van der Waals surface area contributed by atoms with Crippen LogP contribution in [-0.4, -0.2) is 15.8 Å². The first-order valence-electron chi connectivity index (χ1n) is 6.59. The fourth-order valence-corrected chi connectivity index (χ4v) is 2.28. The lowest BCUT2D eigenvalue weighted by Crippen LogP contribution is -2.03. The molecule has 0 N–H and O–H groups in total. The average molecular weight is 262 g/mol. The third-order valence-corrected chi connectivity index (χ3v) is 3.33. The molecule has 20 heavy (non-hydrogen) atoms. The number of fused-ring (bicyclic) bond motifs is 1. The topological polar surface area (TPSA) is 42.9 Å². The second-order valence-corrected chi connectivity index (χ2v) is 4.69. The highest BCUT2D eigenvalue weighted by Crippen LogP contribution is 2.19. The van der Waals surface area contributed by atoms with Crippen molar-refractivity contribution in [3.63, 3.8) is 0 Å². The van der Waals surface area contributed by atoms with E-state index in [0.717, 1.165) is 16.3 Å². The van der Waals surface area contributed by atoms with Gasteiger partial charge in [0.2, 0.25) is 0 Å². The number of Topliss-reactive ketones (excluding diaryl/α,β-unsaturated/α-hetero) is 1. The van der Waals surface area contributed by atoms with E-state index in [0.29, 0.717) is 18.4 Å². The van der Waals surface area contributed by atoms with Gasteiger partial charge in [0, 0.05) is 42.2 Å². The van der Waals surface area contributed by atoms with Crippen molar-refractivity contribution in [1.82, 2.24) is 9.97 Å². The maximum Gasteiger partial charge on any atom is 0.165 e. The lowest BCUT2D eigenvalue weighted by Gasteiger charge is -2.05. The van der Waals surface area contributed by atoms with Crippen molar-refractivity contribution < 1.29 is 4.79 Å². The van der Waals surface area contributed by atoms with Gasteiger partial charge in [0.1, 0.15) is 0 Å². The smallest absolute Gasteiger partial charge is 0.165 e. The molecule has 0 radical (unpaired) electrons. The molecule has 3 heteroatoms. The highest BCUT2D eigenvalue weighted by Gasteiger charge is 2.10. The Morgan fingerprint density at radius 1 is 0.950 bits per heavy atom. The summed E-state index contributed by atoms with van der Waals surface area (Å²) in [5.41, 5.74) is 1.78. The van der Waals surface area contributed by atoms with Crippen molar-refractivity contribution in [2.45, 2.75) is 12.8 Å². The molecule has 0 aliphatic heterocycles. The van der Waals surface area contributed by atoms with Gasteiger partial charge in [0.05, 0.1) is 0 Å². The molecule has 0 amide bonds. The summed E-state index contributed by atoms with van der Waals surface area (Å²) >= 11 is 0. The predicted molar refractivity (Wildman–Crippen MR) is 78.6 cm³/mol. The van der Waals surface area contributed by atoms with E-state index in [4.69, 9.17) is 0 Å². The Labute approximate surface area is 117 Å². The number of carbonyl (C=O) groups is 1. The van der Waals surface area contributed by atoms with E-state index >= 15 is 0 Å². The summed E-state index contributed by atoms with van der Waals surface area (Å²) in [6.07, 6.45) is 8.16. The second kappa shape index (κ2) is 5.61. The third kappa shape index (κ3) is 2.57. The highest BCUT2D eigenvalue weighted by atomic mass is 16.1.